The third kappa shape index (κ3) is 3.12. The van der Waals surface area contributed by atoms with Crippen molar-refractivity contribution in [1.82, 2.24) is 20.7 Å². The lowest BCUT2D eigenvalue weighted by atomic mass is 10.3. The van der Waals surface area contributed by atoms with Crippen molar-refractivity contribution in [1.29, 1.82) is 0 Å². The highest BCUT2D eigenvalue weighted by Gasteiger charge is 2.11. The first-order chi connectivity index (χ1) is 9.61. The van der Waals surface area contributed by atoms with Gasteiger partial charge in [0, 0.05) is 18.9 Å². The van der Waals surface area contributed by atoms with Gasteiger partial charge in [0.15, 0.2) is 5.11 Å². The number of rotatable bonds is 2. The maximum atomic E-state index is 12.9. The lowest BCUT2D eigenvalue weighted by Crippen LogP contribution is -2.46. The molecule has 7 heteroatoms. The van der Waals surface area contributed by atoms with Crippen molar-refractivity contribution >= 4 is 23.2 Å². The number of aromatic nitrogens is 1. The van der Waals surface area contributed by atoms with E-state index < -0.39 is 0 Å². The zero-order valence-electron chi connectivity index (χ0n) is 10.7. The molecule has 1 amide bonds. The number of thiocarbonyl (C=S) groups is 1. The van der Waals surface area contributed by atoms with Gasteiger partial charge < -0.3 is 9.88 Å². The van der Waals surface area contributed by atoms with E-state index in [-0.39, 0.29) is 11.7 Å². The minimum Gasteiger partial charge on any atom is -0.364 e. The molecule has 0 aliphatic heterocycles. The van der Waals surface area contributed by atoms with Gasteiger partial charge >= 0.3 is 0 Å². The summed E-state index contributed by atoms with van der Waals surface area (Å²) in [4.78, 5) is 12.0. The van der Waals surface area contributed by atoms with Crippen LogP contribution in [0.1, 0.15) is 10.5 Å². The molecular formula is C13H13FN4OS. The van der Waals surface area contributed by atoms with Gasteiger partial charge in [0.2, 0.25) is 0 Å². The number of nitrogens with zero attached hydrogens (tertiary/aromatic N) is 1. The van der Waals surface area contributed by atoms with E-state index >= 15 is 0 Å². The molecule has 0 saturated carbocycles. The first kappa shape index (κ1) is 14.0. The molecule has 3 N–H and O–H groups in total. The standard InChI is InChI=1S/C13H13FN4OS/c1-15-13(20)17-16-12(19)11-3-2-8-18(11)10-6-4-9(14)5-7-10/h2-8H,1H3,(H,16,19)(H2,15,17,20). The first-order valence-electron chi connectivity index (χ1n) is 5.83. The van der Waals surface area contributed by atoms with Crippen molar-refractivity contribution in [2.24, 2.45) is 0 Å². The summed E-state index contributed by atoms with van der Waals surface area (Å²) in [6.07, 6.45) is 1.72. The second-order valence-corrected chi connectivity index (χ2v) is 4.31. The Morgan fingerprint density at radius 3 is 2.55 bits per heavy atom. The number of amides is 1. The number of hydrogen-bond donors (Lipinski definition) is 3. The fourth-order valence-corrected chi connectivity index (χ4v) is 1.68. The fourth-order valence-electron chi connectivity index (χ4n) is 1.63. The van der Waals surface area contributed by atoms with E-state index in [1.54, 1.807) is 42.1 Å². The van der Waals surface area contributed by atoms with Crippen LogP contribution >= 0.6 is 12.2 Å². The van der Waals surface area contributed by atoms with Gasteiger partial charge in [-0.2, -0.15) is 0 Å². The van der Waals surface area contributed by atoms with Crippen LogP contribution < -0.4 is 16.2 Å². The van der Waals surface area contributed by atoms with Crippen LogP contribution in [0.4, 0.5) is 4.39 Å². The van der Waals surface area contributed by atoms with Crippen LogP contribution in [0.15, 0.2) is 42.6 Å². The highest BCUT2D eigenvalue weighted by molar-refractivity contribution is 7.80. The zero-order chi connectivity index (χ0) is 14.5. The van der Waals surface area contributed by atoms with Gasteiger partial charge in [0.25, 0.3) is 5.91 Å². The Balaban J connectivity index is 2.18. The lowest BCUT2D eigenvalue weighted by molar-refractivity contribution is 0.0937. The predicted octanol–water partition coefficient (Wildman–Crippen LogP) is 1.36. The molecule has 0 spiro atoms. The predicted molar refractivity (Wildman–Crippen MR) is 78.0 cm³/mol. The third-order valence-electron chi connectivity index (χ3n) is 2.60. The summed E-state index contributed by atoms with van der Waals surface area (Å²) in [5.41, 5.74) is 6.12. The Morgan fingerprint density at radius 1 is 1.20 bits per heavy atom. The van der Waals surface area contributed by atoms with Crippen LogP contribution in [0, 0.1) is 5.82 Å². The topological polar surface area (TPSA) is 58.1 Å². The maximum Gasteiger partial charge on any atom is 0.286 e. The first-order valence-corrected chi connectivity index (χ1v) is 6.24. The molecule has 20 heavy (non-hydrogen) atoms. The van der Waals surface area contributed by atoms with Crippen molar-refractivity contribution in [2.75, 3.05) is 7.05 Å². The molecule has 2 rings (SSSR count). The van der Waals surface area contributed by atoms with E-state index in [4.69, 9.17) is 12.2 Å². The van der Waals surface area contributed by atoms with Gasteiger partial charge in [-0.25, -0.2) is 4.39 Å². The number of carbonyl (C=O) groups is 1. The molecule has 1 aromatic carbocycles. The average molecular weight is 292 g/mol. The summed E-state index contributed by atoms with van der Waals surface area (Å²) < 4.78 is 14.6. The molecule has 0 bridgehead atoms. The van der Waals surface area contributed by atoms with Crippen LogP contribution in [0.2, 0.25) is 0 Å². The molecule has 0 saturated heterocycles. The minimum atomic E-state index is -0.350. The van der Waals surface area contributed by atoms with E-state index in [2.05, 4.69) is 16.2 Å². The Kier molecular flexibility index (Phi) is 4.31. The second-order valence-electron chi connectivity index (χ2n) is 3.90. The highest BCUT2D eigenvalue weighted by atomic mass is 32.1. The summed E-state index contributed by atoms with van der Waals surface area (Å²) in [6, 6.07) is 9.25. The van der Waals surface area contributed by atoms with Gasteiger partial charge in [-0.3, -0.25) is 15.6 Å². The number of hydrogen-bond acceptors (Lipinski definition) is 2. The van der Waals surface area contributed by atoms with Crippen LogP contribution in [-0.2, 0) is 0 Å². The molecule has 0 fully saturated rings. The number of halogens is 1. The van der Waals surface area contributed by atoms with Crippen LogP contribution in [0.5, 0.6) is 0 Å². The van der Waals surface area contributed by atoms with E-state index in [0.29, 0.717) is 16.5 Å². The molecule has 0 aliphatic rings. The lowest BCUT2D eigenvalue weighted by Gasteiger charge is -2.11. The molecular weight excluding hydrogens is 279 g/mol. The number of carbonyl (C=O) groups excluding carboxylic acids is 1. The smallest absolute Gasteiger partial charge is 0.286 e. The van der Waals surface area contributed by atoms with Crippen molar-refractivity contribution in [2.45, 2.75) is 0 Å². The molecule has 0 radical (unpaired) electrons. The average Bonchev–Trinajstić information content (AvgIpc) is 2.94. The SMILES string of the molecule is CNC(=S)NNC(=O)c1cccn1-c1ccc(F)cc1. The normalized spacial score (nSPS) is 9.90. The van der Waals surface area contributed by atoms with Crippen molar-refractivity contribution < 1.29 is 9.18 Å². The summed E-state index contributed by atoms with van der Waals surface area (Å²) in [7, 11) is 1.64. The molecule has 0 unspecified atom stereocenters. The highest BCUT2D eigenvalue weighted by Crippen LogP contribution is 2.13. The number of nitrogens with one attached hydrogen (secondary N) is 3. The molecule has 1 aromatic heterocycles. The van der Waals surface area contributed by atoms with Crippen LogP contribution in [-0.4, -0.2) is 22.6 Å². The minimum absolute atomic E-state index is 0.304. The Labute approximate surface area is 120 Å². The Morgan fingerprint density at radius 2 is 1.90 bits per heavy atom. The zero-order valence-corrected chi connectivity index (χ0v) is 11.5. The molecule has 104 valence electrons. The van der Waals surface area contributed by atoms with Gasteiger partial charge in [-0.15, -0.1) is 0 Å². The van der Waals surface area contributed by atoms with Gasteiger partial charge in [0.1, 0.15) is 11.5 Å². The van der Waals surface area contributed by atoms with Crippen molar-refractivity contribution in [3.8, 4) is 5.69 Å². The molecule has 1 heterocycles. The monoisotopic (exact) mass is 292 g/mol. The summed E-state index contributed by atoms with van der Waals surface area (Å²) in [5, 5.41) is 2.98. The third-order valence-corrected chi connectivity index (χ3v) is 2.91. The van der Waals surface area contributed by atoms with E-state index in [9.17, 15) is 9.18 Å². The molecule has 0 aliphatic carbocycles. The van der Waals surface area contributed by atoms with E-state index in [1.807, 2.05) is 0 Å². The molecule has 5 nitrogen and oxygen atoms in total. The second kappa shape index (κ2) is 6.16. The fraction of sp³-hybridized carbons (Fsp3) is 0.0769. The Bertz CT molecular complexity index is 624. The van der Waals surface area contributed by atoms with E-state index in [0.717, 1.165) is 0 Å². The summed E-state index contributed by atoms with van der Waals surface area (Å²) in [5.74, 6) is -0.676. The van der Waals surface area contributed by atoms with Crippen molar-refractivity contribution in [3.05, 3.63) is 54.1 Å². The van der Waals surface area contributed by atoms with Crippen molar-refractivity contribution in [3.63, 3.8) is 0 Å². The van der Waals surface area contributed by atoms with Crippen LogP contribution in [0.25, 0.3) is 5.69 Å². The summed E-state index contributed by atoms with van der Waals surface area (Å²) >= 11 is 4.86. The quantitative estimate of drug-likeness (QED) is 0.578. The molecule has 0 atom stereocenters. The largest absolute Gasteiger partial charge is 0.364 e. The van der Waals surface area contributed by atoms with Gasteiger partial charge in [-0.05, 0) is 48.6 Å². The number of hydrazine groups is 1. The summed E-state index contributed by atoms with van der Waals surface area (Å²) in [6.45, 7) is 0. The van der Waals surface area contributed by atoms with Crippen LogP contribution in [0.3, 0.4) is 0 Å². The molecule has 2 aromatic rings. The number of benzene rings is 1. The van der Waals surface area contributed by atoms with E-state index in [1.165, 1.54) is 12.1 Å². The Hall–Kier alpha value is -2.41. The van der Waals surface area contributed by atoms with Gasteiger partial charge in [-0.1, -0.05) is 0 Å². The van der Waals surface area contributed by atoms with Gasteiger partial charge in [0.05, 0.1) is 0 Å². The maximum absolute atomic E-state index is 12.9.